The molecule has 30 heavy (non-hydrogen) atoms. The quantitative estimate of drug-likeness (QED) is 0.739. The molecule has 2 aromatic carbocycles. The Morgan fingerprint density at radius 3 is 2.13 bits per heavy atom. The summed E-state index contributed by atoms with van der Waals surface area (Å²) in [6, 6.07) is 15.8. The smallest absolute Gasteiger partial charge is 0.190 e. The monoisotopic (exact) mass is 408 g/mol. The highest BCUT2D eigenvalue weighted by atomic mass is 16.5. The fourth-order valence-electron chi connectivity index (χ4n) is 4.60. The Labute approximate surface area is 179 Å². The highest BCUT2D eigenvalue weighted by Gasteiger charge is 2.53. The molecule has 1 saturated heterocycles. The highest BCUT2D eigenvalue weighted by molar-refractivity contribution is 5.60. The molecular formula is C25H32N2O3. The summed E-state index contributed by atoms with van der Waals surface area (Å²) in [7, 11) is 0. The summed E-state index contributed by atoms with van der Waals surface area (Å²) in [5, 5.41) is 12.2. The highest BCUT2D eigenvalue weighted by Crippen LogP contribution is 2.47. The van der Waals surface area contributed by atoms with Crippen LogP contribution in [0.5, 0.6) is 11.5 Å². The third-order valence-corrected chi connectivity index (χ3v) is 6.09. The van der Waals surface area contributed by atoms with E-state index >= 15 is 0 Å². The summed E-state index contributed by atoms with van der Waals surface area (Å²) in [4.78, 5) is 4.44. The molecule has 0 spiro atoms. The zero-order chi connectivity index (χ0) is 21.1. The van der Waals surface area contributed by atoms with Crippen LogP contribution in [-0.2, 0) is 5.72 Å². The van der Waals surface area contributed by atoms with Crippen LogP contribution in [0.2, 0.25) is 0 Å². The number of allylic oxidation sites excluding steroid dienone is 1. The minimum Gasteiger partial charge on any atom is -0.494 e. The first-order chi connectivity index (χ1) is 14.6. The van der Waals surface area contributed by atoms with Crippen molar-refractivity contribution in [2.45, 2.75) is 51.8 Å². The molecule has 2 aliphatic heterocycles. The number of benzene rings is 2. The molecule has 5 heteroatoms. The van der Waals surface area contributed by atoms with E-state index in [0.717, 1.165) is 48.0 Å². The van der Waals surface area contributed by atoms with Crippen molar-refractivity contribution in [3.05, 3.63) is 66.0 Å². The lowest BCUT2D eigenvalue weighted by atomic mass is 9.94. The molecule has 2 atom stereocenters. The molecule has 1 N–H and O–H groups in total. The van der Waals surface area contributed by atoms with Gasteiger partial charge in [-0.25, -0.2) is 0 Å². The van der Waals surface area contributed by atoms with Gasteiger partial charge in [0, 0.05) is 17.8 Å². The van der Waals surface area contributed by atoms with Crippen molar-refractivity contribution in [2.24, 2.45) is 0 Å². The molecule has 1 fully saturated rings. The molecule has 160 valence electrons. The van der Waals surface area contributed by atoms with Gasteiger partial charge in [0.25, 0.3) is 0 Å². The lowest BCUT2D eigenvalue weighted by molar-refractivity contribution is 0.00793. The van der Waals surface area contributed by atoms with Crippen LogP contribution in [0.15, 0.2) is 60.4 Å². The van der Waals surface area contributed by atoms with Gasteiger partial charge in [0.2, 0.25) is 0 Å². The molecule has 0 saturated carbocycles. The Kier molecular flexibility index (Phi) is 5.91. The summed E-state index contributed by atoms with van der Waals surface area (Å²) < 4.78 is 11.2. The predicted octanol–water partition coefficient (Wildman–Crippen LogP) is 4.87. The van der Waals surface area contributed by atoms with E-state index in [4.69, 9.17) is 9.47 Å². The molecule has 0 radical (unpaired) electrons. The van der Waals surface area contributed by atoms with Crippen LogP contribution in [0.1, 0.15) is 45.6 Å². The van der Waals surface area contributed by atoms with Crippen LogP contribution in [0.25, 0.3) is 0 Å². The molecule has 0 aliphatic carbocycles. The van der Waals surface area contributed by atoms with E-state index < -0.39 is 5.72 Å². The van der Waals surface area contributed by atoms with Gasteiger partial charge in [-0.15, -0.1) is 0 Å². The van der Waals surface area contributed by atoms with Crippen LogP contribution < -0.4 is 14.4 Å². The number of hydrogen-bond acceptors (Lipinski definition) is 5. The lowest BCUT2D eigenvalue weighted by Gasteiger charge is -2.37. The molecule has 4 rings (SSSR count). The van der Waals surface area contributed by atoms with Gasteiger partial charge >= 0.3 is 0 Å². The zero-order valence-electron chi connectivity index (χ0n) is 18.2. The fraction of sp³-hybridized carbons (Fsp3) is 0.440. The topological polar surface area (TPSA) is 45.2 Å². The van der Waals surface area contributed by atoms with Crippen molar-refractivity contribution in [2.75, 3.05) is 24.7 Å². The average Bonchev–Trinajstić information content (AvgIpc) is 2.91. The van der Waals surface area contributed by atoms with Gasteiger partial charge in [0.1, 0.15) is 17.3 Å². The van der Waals surface area contributed by atoms with E-state index in [0.29, 0.717) is 13.2 Å². The van der Waals surface area contributed by atoms with Gasteiger partial charge in [-0.05, 0) is 82.5 Å². The number of ether oxygens (including phenoxy) is 2. The average molecular weight is 409 g/mol. The van der Waals surface area contributed by atoms with Crippen LogP contribution in [-0.4, -0.2) is 35.8 Å². The van der Waals surface area contributed by atoms with Crippen LogP contribution >= 0.6 is 0 Å². The van der Waals surface area contributed by atoms with E-state index in [1.165, 1.54) is 6.42 Å². The Bertz CT molecular complexity index is 878. The fourth-order valence-corrected chi connectivity index (χ4v) is 4.60. The van der Waals surface area contributed by atoms with Crippen LogP contribution in [0.4, 0.5) is 5.69 Å². The Hall–Kier alpha value is -2.66. The van der Waals surface area contributed by atoms with E-state index in [9.17, 15) is 5.11 Å². The van der Waals surface area contributed by atoms with Crippen molar-refractivity contribution in [3.63, 3.8) is 0 Å². The maximum atomic E-state index is 12.2. The second-order valence-electron chi connectivity index (χ2n) is 7.87. The SMILES string of the molecule is CCOc1ccc(N2C3=CCCCCN3C(C)C2(O)c2ccc(OCC)cc2)cc1. The zero-order valence-corrected chi connectivity index (χ0v) is 18.2. The maximum Gasteiger partial charge on any atom is 0.190 e. The van der Waals surface area contributed by atoms with Crippen LogP contribution in [0, 0.1) is 0 Å². The van der Waals surface area contributed by atoms with Gasteiger partial charge in [0.15, 0.2) is 5.72 Å². The summed E-state index contributed by atoms with van der Waals surface area (Å²) in [6.07, 6.45) is 5.59. The summed E-state index contributed by atoms with van der Waals surface area (Å²) in [6.45, 7) is 8.27. The second-order valence-corrected chi connectivity index (χ2v) is 7.87. The van der Waals surface area contributed by atoms with Gasteiger partial charge in [0.05, 0.1) is 19.3 Å². The summed E-state index contributed by atoms with van der Waals surface area (Å²) >= 11 is 0. The van der Waals surface area contributed by atoms with Crippen molar-refractivity contribution >= 4 is 5.69 Å². The van der Waals surface area contributed by atoms with E-state index in [1.54, 1.807) is 0 Å². The molecule has 2 aliphatic rings. The largest absolute Gasteiger partial charge is 0.494 e. The molecular weight excluding hydrogens is 376 g/mol. The third-order valence-electron chi connectivity index (χ3n) is 6.09. The third kappa shape index (κ3) is 3.52. The predicted molar refractivity (Wildman–Crippen MR) is 120 cm³/mol. The molecule has 2 unspecified atom stereocenters. The van der Waals surface area contributed by atoms with E-state index in [1.807, 2.05) is 62.4 Å². The molecule has 5 nitrogen and oxygen atoms in total. The van der Waals surface area contributed by atoms with Gasteiger partial charge in [-0.3, -0.25) is 4.90 Å². The van der Waals surface area contributed by atoms with Crippen molar-refractivity contribution in [3.8, 4) is 11.5 Å². The number of hydrogen-bond donors (Lipinski definition) is 1. The molecule has 0 amide bonds. The summed E-state index contributed by atoms with van der Waals surface area (Å²) in [5.41, 5.74) is 0.639. The second kappa shape index (κ2) is 8.60. The Balaban J connectivity index is 1.79. The molecule has 2 aromatic rings. The van der Waals surface area contributed by atoms with E-state index in [-0.39, 0.29) is 6.04 Å². The Morgan fingerprint density at radius 1 is 0.933 bits per heavy atom. The van der Waals surface area contributed by atoms with Gasteiger partial charge in [-0.1, -0.05) is 12.1 Å². The number of anilines is 1. The number of aliphatic hydroxyl groups is 1. The standard InChI is InChI=1S/C25H32N2O3/c1-4-29-22-14-10-20(11-15-22)25(28)19(3)26-18-8-6-7-9-24(26)27(25)21-12-16-23(17-13-21)30-5-2/h9-17,19,28H,4-8,18H2,1-3H3. The Morgan fingerprint density at radius 2 is 1.53 bits per heavy atom. The van der Waals surface area contributed by atoms with Crippen molar-refractivity contribution in [1.82, 2.24) is 4.90 Å². The van der Waals surface area contributed by atoms with Gasteiger partial charge < -0.3 is 19.5 Å². The first-order valence-electron chi connectivity index (χ1n) is 11.0. The number of fused-ring (bicyclic) bond motifs is 1. The lowest BCUT2D eigenvalue weighted by Crippen LogP contribution is -2.48. The minimum absolute atomic E-state index is 0.0913. The number of rotatable bonds is 6. The van der Waals surface area contributed by atoms with E-state index in [2.05, 4.69) is 22.8 Å². The molecule has 2 heterocycles. The normalized spacial score (nSPS) is 23.6. The molecule has 0 bridgehead atoms. The first kappa shape index (κ1) is 20.6. The van der Waals surface area contributed by atoms with Gasteiger partial charge in [-0.2, -0.15) is 0 Å². The van der Waals surface area contributed by atoms with Crippen LogP contribution in [0.3, 0.4) is 0 Å². The van der Waals surface area contributed by atoms with Crippen molar-refractivity contribution in [1.29, 1.82) is 0 Å². The minimum atomic E-state index is -1.18. The molecule has 0 aromatic heterocycles. The first-order valence-corrected chi connectivity index (χ1v) is 11.0. The summed E-state index contributed by atoms with van der Waals surface area (Å²) in [5.74, 6) is 2.74. The van der Waals surface area contributed by atoms with Crippen molar-refractivity contribution < 1.29 is 14.6 Å². The maximum absolute atomic E-state index is 12.2. The number of nitrogens with zero attached hydrogens (tertiary/aromatic N) is 2.